The van der Waals surface area contributed by atoms with Crippen LogP contribution in [-0.4, -0.2) is 18.4 Å². The molecule has 6 aliphatic rings. The van der Waals surface area contributed by atoms with E-state index >= 15 is 0 Å². The van der Waals surface area contributed by atoms with Gasteiger partial charge < -0.3 is 4.74 Å². The van der Waals surface area contributed by atoms with Gasteiger partial charge in [0.1, 0.15) is 5.72 Å². The van der Waals surface area contributed by atoms with Crippen LogP contribution >= 0.6 is 0 Å². The number of nitrogens with one attached hydrogen (secondary N) is 1. The quantitative estimate of drug-likeness (QED) is 0.405. The zero-order valence-corrected chi connectivity index (χ0v) is 22.1. The van der Waals surface area contributed by atoms with Gasteiger partial charge in [-0.1, -0.05) is 60.8 Å². The maximum Gasteiger partial charge on any atom is 0.122 e. The number of ether oxygens (including phenoxy) is 1. The molecule has 32 heavy (non-hydrogen) atoms. The summed E-state index contributed by atoms with van der Waals surface area (Å²) >= 11 is 0. The van der Waals surface area contributed by atoms with Crippen molar-refractivity contribution >= 4 is 0 Å². The van der Waals surface area contributed by atoms with Gasteiger partial charge in [0.15, 0.2) is 0 Å². The Kier molecular flexibility index (Phi) is 9.14. The Bertz CT molecular complexity index is 574. The highest BCUT2D eigenvalue weighted by atomic mass is 19.0. The molecule has 6 rings (SSSR count). The summed E-state index contributed by atoms with van der Waals surface area (Å²) in [5, 5.41) is 3.89. The van der Waals surface area contributed by atoms with Crippen molar-refractivity contribution in [1.29, 1.82) is 0 Å². The molecule has 188 valence electrons. The third-order valence-corrected chi connectivity index (χ3v) is 10.7. The van der Waals surface area contributed by atoms with E-state index in [-0.39, 0.29) is 10.4 Å². The molecule has 11 unspecified atom stereocenters. The summed E-state index contributed by atoms with van der Waals surface area (Å²) in [6.07, 6.45) is 16.9. The molecule has 3 heteroatoms. The molecule has 0 radical (unpaired) electrons. The molecule has 11 atom stereocenters. The molecule has 2 heterocycles. The van der Waals surface area contributed by atoms with Gasteiger partial charge in [0, 0.05) is 12.5 Å². The number of hydrogen-bond acceptors (Lipinski definition) is 2. The summed E-state index contributed by atoms with van der Waals surface area (Å²) < 4.78 is 6.94. The van der Waals surface area contributed by atoms with Crippen molar-refractivity contribution in [3.8, 4) is 0 Å². The molecule has 0 bridgehead atoms. The van der Waals surface area contributed by atoms with Gasteiger partial charge >= 0.3 is 0 Å². The fourth-order valence-electron chi connectivity index (χ4n) is 9.50. The third kappa shape index (κ3) is 4.32. The topological polar surface area (TPSA) is 21.3 Å². The smallest absolute Gasteiger partial charge is 0.122 e. The predicted octanol–water partition coefficient (Wildman–Crippen LogP) is 7.82. The van der Waals surface area contributed by atoms with Gasteiger partial charge in [-0.3, -0.25) is 10.0 Å². The highest BCUT2D eigenvalue weighted by molar-refractivity contribution is 5.10. The number of hydrogen-bond donors (Lipinski definition) is 1. The first-order chi connectivity index (χ1) is 15.2. The lowest BCUT2D eigenvalue weighted by molar-refractivity contribution is -0.111. The van der Waals surface area contributed by atoms with Crippen LogP contribution in [0.5, 0.6) is 0 Å². The molecule has 1 N–H and O–H groups in total. The van der Waals surface area contributed by atoms with Crippen molar-refractivity contribution in [3.63, 3.8) is 0 Å². The number of rotatable bonds is 0. The molecular formula is C29H54FNO. The molecule has 2 saturated heterocycles. The van der Waals surface area contributed by atoms with Crippen molar-refractivity contribution in [1.82, 2.24) is 5.32 Å². The Labute approximate surface area is 198 Å². The van der Waals surface area contributed by atoms with Crippen LogP contribution in [0.2, 0.25) is 0 Å². The fraction of sp³-hybridized carbons (Fsp3) is 1.00. The van der Waals surface area contributed by atoms with E-state index in [0.717, 1.165) is 53.9 Å². The van der Waals surface area contributed by atoms with Crippen LogP contribution in [0, 0.1) is 53.3 Å². The van der Waals surface area contributed by atoms with Crippen LogP contribution in [0.1, 0.15) is 112 Å². The molecule has 0 aromatic rings. The average molecular weight is 452 g/mol. The number of fused-ring (bicyclic) bond motifs is 7. The summed E-state index contributed by atoms with van der Waals surface area (Å²) in [7, 11) is 0. The number of piperidine rings is 1. The third-order valence-electron chi connectivity index (χ3n) is 10.7. The first-order valence-electron chi connectivity index (χ1n) is 14.6. The van der Waals surface area contributed by atoms with Crippen molar-refractivity contribution in [2.24, 2.45) is 53.3 Å². The minimum atomic E-state index is 0. The average Bonchev–Trinajstić information content (AvgIpc) is 3.32. The van der Waals surface area contributed by atoms with E-state index in [0.29, 0.717) is 12.0 Å². The van der Waals surface area contributed by atoms with Crippen LogP contribution in [0.15, 0.2) is 0 Å². The van der Waals surface area contributed by atoms with Gasteiger partial charge in [-0.15, -0.1) is 0 Å². The van der Waals surface area contributed by atoms with Gasteiger partial charge in [0.2, 0.25) is 0 Å². The lowest BCUT2D eigenvalue weighted by Crippen LogP contribution is -2.55. The minimum absolute atomic E-state index is 0. The monoisotopic (exact) mass is 451 g/mol. The van der Waals surface area contributed by atoms with Crippen molar-refractivity contribution < 1.29 is 9.44 Å². The molecule has 2 nitrogen and oxygen atoms in total. The Morgan fingerprint density at radius 3 is 2.09 bits per heavy atom. The van der Waals surface area contributed by atoms with E-state index in [4.69, 9.17) is 4.74 Å². The summed E-state index contributed by atoms with van der Waals surface area (Å²) in [5.74, 6) is 8.71. The lowest BCUT2D eigenvalue weighted by Gasteiger charge is -2.53. The molecule has 0 aromatic heterocycles. The van der Waals surface area contributed by atoms with Crippen LogP contribution < -0.4 is 5.32 Å². The van der Waals surface area contributed by atoms with E-state index in [1.165, 1.54) is 38.5 Å². The van der Waals surface area contributed by atoms with Crippen LogP contribution in [0.3, 0.4) is 0 Å². The van der Waals surface area contributed by atoms with E-state index in [1.807, 2.05) is 27.7 Å². The molecule has 6 fully saturated rings. The normalized spacial score (nSPS) is 50.8. The van der Waals surface area contributed by atoms with Gasteiger partial charge in [-0.2, -0.15) is 0 Å². The zero-order chi connectivity index (χ0) is 22.2. The van der Waals surface area contributed by atoms with E-state index in [9.17, 15) is 0 Å². The summed E-state index contributed by atoms with van der Waals surface area (Å²) in [6.45, 7) is 14.1. The van der Waals surface area contributed by atoms with Gasteiger partial charge in [0.25, 0.3) is 0 Å². The van der Waals surface area contributed by atoms with Crippen molar-refractivity contribution in [2.75, 3.05) is 6.54 Å². The van der Waals surface area contributed by atoms with E-state index in [1.54, 1.807) is 32.1 Å². The Morgan fingerprint density at radius 1 is 0.719 bits per heavy atom. The molecule has 1 spiro atoms. The molecule has 2 aliphatic heterocycles. The second-order valence-electron chi connectivity index (χ2n) is 11.7. The second kappa shape index (κ2) is 11.1. The maximum atomic E-state index is 6.94. The molecule has 0 aromatic carbocycles. The summed E-state index contributed by atoms with van der Waals surface area (Å²) in [4.78, 5) is 0. The minimum Gasteiger partial charge on any atom is -0.357 e. The lowest BCUT2D eigenvalue weighted by atomic mass is 9.53. The highest BCUT2D eigenvalue weighted by Crippen LogP contribution is 2.63. The van der Waals surface area contributed by atoms with Gasteiger partial charge in [0.05, 0.1) is 6.10 Å². The Balaban J connectivity index is 0.000000550. The van der Waals surface area contributed by atoms with E-state index in [2.05, 4.69) is 19.2 Å². The van der Waals surface area contributed by atoms with Gasteiger partial charge in [-0.05, 0) is 98.7 Å². The first kappa shape index (κ1) is 26.5. The summed E-state index contributed by atoms with van der Waals surface area (Å²) in [5.41, 5.74) is 0.0324. The largest absolute Gasteiger partial charge is 0.357 e. The summed E-state index contributed by atoms with van der Waals surface area (Å²) in [6, 6.07) is 0. The number of halogens is 1. The van der Waals surface area contributed by atoms with Crippen LogP contribution in [0.25, 0.3) is 0 Å². The fourth-order valence-corrected chi connectivity index (χ4v) is 9.50. The second-order valence-corrected chi connectivity index (χ2v) is 11.7. The van der Waals surface area contributed by atoms with Crippen LogP contribution in [-0.2, 0) is 4.74 Å². The SMILES string of the molecule is CC.CC.CC1CCC2(NC1)OC1CC3C4CCC5CCCCC5C4CCC3C1C2C.F. The van der Waals surface area contributed by atoms with Crippen molar-refractivity contribution in [3.05, 3.63) is 0 Å². The van der Waals surface area contributed by atoms with Gasteiger partial charge in [-0.25, -0.2) is 0 Å². The predicted molar refractivity (Wildman–Crippen MR) is 134 cm³/mol. The van der Waals surface area contributed by atoms with Crippen LogP contribution in [0.4, 0.5) is 4.70 Å². The first-order valence-corrected chi connectivity index (χ1v) is 14.6. The standard InChI is InChI=1S/C25H41NO.2C2H6.FH/c1-15-11-12-25(26-14-15)16(2)24-21-10-9-19-18-6-4-3-5-17(18)7-8-20(19)22(21)13-23(24)27-25;2*1-2;/h15-24,26H,3-14H2,1-2H3;2*1-2H3;1H. The van der Waals surface area contributed by atoms with Crippen molar-refractivity contribution in [2.45, 2.75) is 124 Å². The Hall–Kier alpha value is -0.150. The molecule has 4 aliphatic carbocycles. The zero-order valence-electron chi connectivity index (χ0n) is 22.1. The molecule has 0 amide bonds. The Morgan fingerprint density at radius 2 is 1.38 bits per heavy atom. The maximum absolute atomic E-state index is 6.94. The molecular weight excluding hydrogens is 397 g/mol. The highest BCUT2D eigenvalue weighted by Gasteiger charge is 2.63. The molecule has 4 saturated carbocycles. The van der Waals surface area contributed by atoms with E-state index < -0.39 is 0 Å².